The average Bonchev–Trinajstić information content (AvgIpc) is 3.52. The molecule has 4 heterocycles. The van der Waals surface area contributed by atoms with Crippen LogP contribution in [0, 0.1) is 26.7 Å². The van der Waals surface area contributed by atoms with Crippen molar-refractivity contribution >= 4 is 40.0 Å². The van der Waals surface area contributed by atoms with E-state index in [0.717, 1.165) is 45.5 Å². The summed E-state index contributed by atoms with van der Waals surface area (Å²) in [6.45, 7) is 8.54. The number of thiophene rings is 2. The van der Waals surface area contributed by atoms with Crippen LogP contribution in [-0.2, 0) is 11.3 Å². The number of hydrogen-bond acceptors (Lipinski definition) is 7. The van der Waals surface area contributed by atoms with E-state index in [1.165, 1.54) is 9.75 Å². The van der Waals surface area contributed by atoms with Gasteiger partial charge < -0.3 is 10.4 Å². The maximum Gasteiger partial charge on any atom is 0.308 e. The molecule has 1 aliphatic heterocycles. The van der Waals surface area contributed by atoms with Crippen LogP contribution >= 0.6 is 22.7 Å². The predicted octanol–water partition coefficient (Wildman–Crippen LogP) is 5.54. The maximum absolute atomic E-state index is 12.0. The molecule has 0 amide bonds. The van der Waals surface area contributed by atoms with Crippen molar-refractivity contribution in [2.75, 3.05) is 5.32 Å². The molecule has 1 unspecified atom stereocenters. The quantitative estimate of drug-likeness (QED) is 0.369. The van der Waals surface area contributed by atoms with Gasteiger partial charge in [0.05, 0.1) is 11.6 Å². The first kappa shape index (κ1) is 22.5. The molecule has 0 spiro atoms. The summed E-state index contributed by atoms with van der Waals surface area (Å²) in [6.07, 6.45) is 0. The van der Waals surface area contributed by atoms with Gasteiger partial charge in [-0.1, -0.05) is 18.2 Å². The topological polar surface area (TPSA) is 92.4 Å². The zero-order valence-electron chi connectivity index (χ0n) is 19.4. The Morgan fingerprint density at radius 3 is 2.62 bits per heavy atom. The summed E-state index contributed by atoms with van der Waals surface area (Å²) in [4.78, 5) is 19.5. The van der Waals surface area contributed by atoms with Gasteiger partial charge in [-0.15, -0.1) is 32.9 Å². The Balaban J connectivity index is 1.61. The van der Waals surface area contributed by atoms with Crippen LogP contribution in [0.5, 0.6) is 0 Å². The van der Waals surface area contributed by atoms with Crippen LogP contribution in [0.3, 0.4) is 0 Å². The summed E-state index contributed by atoms with van der Waals surface area (Å²) < 4.78 is 1.98. The van der Waals surface area contributed by atoms with Gasteiger partial charge >= 0.3 is 5.97 Å². The van der Waals surface area contributed by atoms with E-state index in [4.69, 9.17) is 4.99 Å². The first-order valence-corrected chi connectivity index (χ1v) is 12.7. The highest BCUT2D eigenvalue weighted by Gasteiger charge is 2.36. The standard InChI is InChI=1S/C25H25N5O2S2/c1-13-15(3)34-24-20(13)22(17-7-9-18(10-8-17)26-12-19-6-5-11-33-19)27-21(14(2)25(31)32)23-29-28-16(4)30(23)24/h5-11,14,21,26H,12H2,1-4H3,(H,31,32)/t14-,21?/m0/s1. The molecule has 34 heavy (non-hydrogen) atoms. The number of carboxylic acids is 1. The fourth-order valence-corrected chi connectivity index (χ4v) is 6.02. The Kier molecular flexibility index (Phi) is 5.83. The summed E-state index contributed by atoms with van der Waals surface area (Å²) in [5.74, 6) is -0.366. The number of fused-ring (bicyclic) bond motifs is 3. The molecule has 0 saturated heterocycles. The maximum atomic E-state index is 12.0. The molecule has 174 valence electrons. The van der Waals surface area contributed by atoms with Gasteiger partial charge in [-0.25, -0.2) is 0 Å². The molecule has 0 fully saturated rings. The average molecular weight is 492 g/mol. The lowest BCUT2D eigenvalue weighted by atomic mass is 9.98. The molecule has 1 aromatic carbocycles. The number of anilines is 1. The van der Waals surface area contributed by atoms with Crippen molar-refractivity contribution in [1.82, 2.24) is 14.8 Å². The molecule has 2 N–H and O–H groups in total. The Morgan fingerprint density at radius 1 is 1.18 bits per heavy atom. The number of aromatic nitrogens is 3. The number of nitrogens with one attached hydrogen (secondary N) is 1. The van der Waals surface area contributed by atoms with Crippen LogP contribution in [-0.4, -0.2) is 31.6 Å². The minimum absolute atomic E-state index is 0.569. The molecule has 3 aromatic heterocycles. The Bertz CT molecular complexity index is 1380. The molecule has 4 aromatic rings. The number of aliphatic carboxylic acids is 1. The first-order valence-electron chi connectivity index (χ1n) is 11.0. The van der Waals surface area contributed by atoms with E-state index in [1.807, 2.05) is 41.8 Å². The van der Waals surface area contributed by atoms with Crippen LogP contribution in [0.2, 0.25) is 0 Å². The number of benzene rings is 1. The molecule has 9 heteroatoms. The number of carbonyl (C=O) groups is 1. The largest absolute Gasteiger partial charge is 0.481 e. The molecular formula is C25H25N5O2S2. The molecule has 0 aliphatic carbocycles. The molecule has 5 rings (SSSR count). The van der Waals surface area contributed by atoms with E-state index in [1.54, 1.807) is 29.6 Å². The monoisotopic (exact) mass is 491 g/mol. The summed E-state index contributed by atoms with van der Waals surface area (Å²) in [6, 6.07) is 11.7. The van der Waals surface area contributed by atoms with E-state index in [-0.39, 0.29) is 0 Å². The molecule has 1 aliphatic rings. The van der Waals surface area contributed by atoms with Crippen molar-refractivity contribution < 1.29 is 9.90 Å². The number of aryl methyl sites for hydroxylation is 2. The molecule has 0 saturated carbocycles. The number of hydrogen-bond donors (Lipinski definition) is 2. The highest BCUT2D eigenvalue weighted by atomic mass is 32.1. The van der Waals surface area contributed by atoms with Gasteiger partial charge in [-0.3, -0.25) is 14.4 Å². The summed E-state index contributed by atoms with van der Waals surface area (Å²) >= 11 is 3.39. The van der Waals surface area contributed by atoms with E-state index in [9.17, 15) is 9.90 Å². The highest BCUT2D eigenvalue weighted by Crippen LogP contribution is 2.40. The predicted molar refractivity (Wildman–Crippen MR) is 137 cm³/mol. The second kappa shape index (κ2) is 8.81. The fraction of sp³-hybridized carbons (Fsp3) is 0.280. The van der Waals surface area contributed by atoms with Crippen LogP contribution in [0.25, 0.3) is 5.00 Å². The van der Waals surface area contributed by atoms with Crippen LogP contribution in [0.4, 0.5) is 5.69 Å². The lowest BCUT2D eigenvalue weighted by Gasteiger charge is -2.16. The first-order chi connectivity index (χ1) is 16.3. The lowest BCUT2D eigenvalue weighted by molar-refractivity contribution is -0.141. The van der Waals surface area contributed by atoms with Gasteiger partial charge in [0.2, 0.25) is 0 Å². The van der Waals surface area contributed by atoms with E-state index < -0.39 is 17.9 Å². The van der Waals surface area contributed by atoms with Crippen molar-refractivity contribution in [1.29, 1.82) is 0 Å². The molecule has 2 atom stereocenters. The minimum atomic E-state index is -0.911. The molecular weight excluding hydrogens is 466 g/mol. The third-order valence-electron chi connectivity index (χ3n) is 6.26. The van der Waals surface area contributed by atoms with E-state index in [2.05, 4.69) is 40.8 Å². The van der Waals surface area contributed by atoms with Crippen molar-refractivity contribution in [3.05, 3.63) is 79.9 Å². The van der Waals surface area contributed by atoms with Gasteiger partial charge in [0.25, 0.3) is 0 Å². The van der Waals surface area contributed by atoms with Crippen LogP contribution in [0.1, 0.15) is 51.1 Å². The normalized spacial score (nSPS) is 15.8. The minimum Gasteiger partial charge on any atom is -0.481 e. The molecule has 0 bridgehead atoms. The van der Waals surface area contributed by atoms with Crippen molar-refractivity contribution in [3.63, 3.8) is 0 Å². The zero-order chi connectivity index (χ0) is 24.0. The SMILES string of the molecule is Cc1sc2c(c1C)C(c1ccc(NCc3cccs3)cc1)=NC([C@H](C)C(=O)O)c1nnc(C)n1-2. The number of carboxylic acid groups (broad SMARTS) is 1. The summed E-state index contributed by atoms with van der Waals surface area (Å²) in [7, 11) is 0. The van der Waals surface area contributed by atoms with E-state index in [0.29, 0.717) is 5.82 Å². The van der Waals surface area contributed by atoms with Crippen molar-refractivity contribution in [3.8, 4) is 5.00 Å². The lowest BCUT2D eigenvalue weighted by Crippen LogP contribution is -2.21. The van der Waals surface area contributed by atoms with E-state index >= 15 is 0 Å². The second-order valence-corrected chi connectivity index (χ2v) is 10.7. The van der Waals surface area contributed by atoms with Gasteiger partial charge in [0.15, 0.2) is 5.82 Å². The third kappa shape index (κ3) is 3.84. The Morgan fingerprint density at radius 2 is 1.94 bits per heavy atom. The smallest absolute Gasteiger partial charge is 0.308 e. The Labute approximate surface area is 205 Å². The molecule has 7 nitrogen and oxygen atoms in total. The van der Waals surface area contributed by atoms with Crippen molar-refractivity contribution in [2.45, 2.75) is 40.3 Å². The molecule has 0 radical (unpaired) electrons. The fourth-order valence-electron chi connectivity index (χ4n) is 4.17. The summed E-state index contributed by atoms with van der Waals surface area (Å²) in [5, 5.41) is 25.0. The van der Waals surface area contributed by atoms with Gasteiger partial charge in [0.1, 0.15) is 16.9 Å². The van der Waals surface area contributed by atoms with Gasteiger partial charge in [0, 0.05) is 33.1 Å². The van der Waals surface area contributed by atoms with Gasteiger partial charge in [-0.2, -0.15) is 0 Å². The Hall–Kier alpha value is -3.30. The zero-order valence-corrected chi connectivity index (χ0v) is 21.0. The van der Waals surface area contributed by atoms with Crippen LogP contribution < -0.4 is 5.32 Å². The summed E-state index contributed by atoms with van der Waals surface area (Å²) in [5.41, 5.74) is 4.92. The number of rotatable bonds is 6. The van der Waals surface area contributed by atoms with Gasteiger partial charge in [-0.05, 0) is 56.8 Å². The van der Waals surface area contributed by atoms with Crippen molar-refractivity contribution in [2.24, 2.45) is 10.9 Å². The number of aliphatic imine (C=N–C) groups is 1. The number of nitrogens with zero attached hydrogens (tertiary/aromatic N) is 4. The third-order valence-corrected chi connectivity index (χ3v) is 8.33. The second-order valence-electron chi connectivity index (χ2n) is 8.46. The highest BCUT2D eigenvalue weighted by molar-refractivity contribution is 7.15. The van der Waals surface area contributed by atoms with Crippen LogP contribution in [0.15, 0.2) is 46.8 Å².